The van der Waals surface area contributed by atoms with Crippen molar-refractivity contribution < 1.29 is 22.9 Å². The monoisotopic (exact) mass is 315 g/mol. The standard InChI is InChI=1S/C13H12F3N3O3/c14-13(15,16)12(20)18-4-6-1-7(5-18)9-3-11(19(21)22)10(17)2-8(6)9/h2-3,6-7H,1,4-5,17H2. The number of alkyl halides is 3. The summed E-state index contributed by atoms with van der Waals surface area (Å²) in [7, 11) is 0. The van der Waals surface area contributed by atoms with Gasteiger partial charge in [-0.1, -0.05) is 0 Å². The molecule has 118 valence electrons. The summed E-state index contributed by atoms with van der Waals surface area (Å²) in [5.41, 5.74) is 6.72. The van der Waals surface area contributed by atoms with Crippen LogP contribution in [-0.2, 0) is 4.79 Å². The van der Waals surface area contributed by atoms with Gasteiger partial charge in [-0.3, -0.25) is 14.9 Å². The van der Waals surface area contributed by atoms with Gasteiger partial charge in [0.15, 0.2) is 0 Å². The van der Waals surface area contributed by atoms with Gasteiger partial charge >= 0.3 is 12.1 Å². The quantitative estimate of drug-likeness (QED) is 0.488. The van der Waals surface area contributed by atoms with Crippen LogP contribution in [0.15, 0.2) is 12.1 Å². The molecule has 0 radical (unpaired) electrons. The van der Waals surface area contributed by atoms with Crippen LogP contribution in [0.2, 0.25) is 0 Å². The van der Waals surface area contributed by atoms with E-state index in [0.29, 0.717) is 17.5 Å². The van der Waals surface area contributed by atoms with Gasteiger partial charge in [0.1, 0.15) is 5.69 Å². The number of nitro benzene ring substituents is 1. The van der Waals surface area contributed by atoms with Crippen LogP contribution in [0.5, 0.6) is 0 Å². The molecule has 1 heterocycles. The predicted molar refractivity (Wildman–Crippen MR) is 70.2 cm³/mol. The largest absolute Gasteiger partial charge is 0.471 e. The first-order chi connectivity index (χ1) is 10.2. The number of likely N-dealkylation sites (tertiary alicyclic amines) is 1. The summed E-state index contributed by atoms with van der Waals surface area (Å²) < 4.78 is 37.7. The Morgan fingerprint density at radius 3 is 2.32 bits per heavy atom. The number of fused-ring (bicyclic) bond motifs is 5. The van der Waals surface area contributed by atoms with Crippen LogP contribution >= 0.6 is 0 Å². The molecule has 1 aromatic carbocycles. The number of carbonyl (C=O) groups is 1. The van der Waals surface area contributed by atoms with Gasteiger partial charge in [0, 0.05) is 31.0 Å². The van der Waals surface area contributed by atoms with Crippen LogP contribution < -0.4 is 5.73 Å². The van der Waals surface area contributed by atoms with Crippen molar-refractivity contribution in [1.82, 2.24) is 4.90 Å². The molecule has 2 aliphatic rings. The first kappa shape index (κ1) is 14.6. The van der Waals surface area contributed by atoms with Crippen LogP contribution in [0.1, 0.15) is 29.4 Å². The molecule has 0 aromatic heterocycles. The summed E-state index contributed by atoms with van der Waals surface area (Å²) >= 11 is 0. The third-order valence-corrected chi connectivity index (χ3v) is 4.29. The molecule has 1 aromatic rings. The van der Waals surface area contributed by atoms with Crippen molar-refractivity contribution in [3.63, 3.8) is 0 Å². The highest BCUT2D eigenvalue weighted by Gasteiger charge is 2.48. The van der Waals surface area contributed by atoms with Gasteiger partial charge in [-0.2, -0.15) is 13.2 Å². The zero-order valence-electron chi connectivity index (χ0n) is 11.3. The molecular formula is C13H12F3N3O3. The molecule has 1 saturated heterocycles. The van der Waals surface area contributed by atoms with Crippen LogP contribution in [0.25, 0.3) is 0 Å². The molecule has 1 aliphatic carbocycles. The Morgan fingerprint density at radius 1 is 1.27 bits per heavy atom. The minimum Gasteiger partial charge on any atom is -0.393 e. The molecule has 1 fully saturated rings. The third kappa shape index (κ3) is 2.16. The molecule has 3 rings (SSSR count). The van der Waals surface area contributed by atoms with E-state index < -0.39 is 17.0 Å². The van der Waals surface area contributed by atoms with Crippen molar-refractivity contribution >= 4 is 17.3 Å². The second kappa shape index (κ2) is 4.59. The van der Waals surface area contributed by atoms with E-state index in [1.165, 1.54) is 12.1 Å². The van der Waals surface area contributed by atoms with E-state index in [1.807, 2.05) is 0 Å². The van der Waals surface area contributed by atoms with Crippen molar-refractivity contribution in [2.75, 3.05) is 18.8 Å². The zero-order valence-corrected chi connectivity index (χ0v) is 11.3. The number of hydrogen-bond donors (Lipinski definition) is 1. The molecule has 9 heteroatoms. The summed E-state index contributed by atoms with van der Waals surface area (Å²) in [6.45, 7) is -0.123. The molecule has 2 bridgehead atoms. The Hall–Kier alpha value is -2.32. The number of nitrogens with zero attached hydrogens (tertiary/aromatic N) is 2. The number of halogens is 3. The van der Waals surface area contributed by atoms with E-state index in [4.69, 9.17) is 5.73 Å². The van der Waals surface area contributed by atoms with Crippen molar-refractivity contribution in [3.8, 4) is 0 Å². The van der Waals surface area contributed by atoms with Gasteiger partial charge in [0.05, 0.1) is 4.92 Å². The lowest BCUT2D eigenvalue weighted by Gasteiger charge is -2.32. The Kier molecular flexibility index (Phi) is 3.05. The molecule has 6 nitrogen and oxygen atoms in total. The highest BCUT2D eigenvalue weighted by molar-refractivity contribution is 5.82. The van der Waals surface area contributed by atoms with Gasteiger partial charge in [0.25, 0.3) is 5.69 Å². The van der Waals surface area contributed by atoms with Crippen LogP contribution in [0, 0.1) is 10.1 Å². The average Bonchev–Trinajstić information content (AvgIpc) is 2.66. The van der Waals surface area contributed by atoms with Crippen molar-refractivity contribution in [1.29, 1.82) is 0 Å². The normalized spacial score (nSPS) is 23.3. The lowest BCUT2D eigenvalue weighted by molar-refractivity contribution is -0.384. The number of carbonyl (C=O) groups excluding carboxylic acids is 1. The summed E-state index contributed by atoms with van der Waals surface area (Å²) in [5.74, 6) is -2.44. The fourth-order valence-electron chi connectivity index (χ4n) is 3.40. The summed E-state index contributed by atoms with van der Waals surface area (Å²) in [4.78, 5) is 22.5. The molecule has 2 unspecified atom stereocenters. The average molecular weight is 315 g/mol. The Balaban J connectivity index is 1.95. The van der Waals surface area contributed by atoms with Crippen LogP contribution in [-0.4, -0.2) is 35.0 Å². The second-order valence-corrected chi connectivity index (χ2v) is 5.63. The number of nitrogens with two attached hydrogens (primary N) is 1. The molecule has 2 atom stereocenters. The lowest BCUT2D eigenvalue weighted by atomic mass is 9.95. The maximum absolute atomic E-state index is 12.6. The smallest absolute Gasteiger partial charge is 0.393 e. The number of amides is 1. The van der Waals surface area contributed by atoms with E-state index in [-0.39, 0.29) is 36.3 Å². The van der Waals surface area contributed by atoms with Gasteiger partial charge in [-0.05, 0) is 23.6 Å². The Labute approximate surface area is 122 Å². The molecule has 22 heavy (non-hydrogen) atoms. The van der Waals surface area contributed by atoms with Crippen molar-refractivity contribution in [3.05, 3.63) is 33.4 Å². The third-order valence-electron chi connectivity index (χ3n) is 4.29. The van der Waals surface area contributed by atoms with Gasteiger partial charge in [-0.15, -0.1) is 0 Å². The topological polar surface area (TPSA) is 89.5 Å². The SMILES string of the molecule is Nc1cc2c(cc1[N+](=O)[O-])C1CC2CN(C(=O)C(F)(F)F)C1. The highest BCUT2D eigenvalue weighted by atomic mass is 19.4. The molecule has 1 aliphatic heterocycles. The van der Waals surface area contributed by atoms with E-state index in [9.17, 15) is 28.1 Å². The van der Waals surface area contributed by atoms with E-state index >= 15 is 0 Å². The first-order valence-corrected chi connectivity index (χ1v) is 6.62. The second-order valence-electron chi connectivity index (χ2n) is 5.63. The van der Waals surface area contributed by atoms with Crippen molar-refractivity contribution in [2.24, 2.45) is 0 Å². The van der Waals surface area contributed by atoms with Crippen molar-refractivity contribution in [2.45, 2.75) is 24.4 Å². The first-order valence-electron chi connectivity index (χ1n) is 6.62. The predicted octanol–water partition coefficient (Wildman–Crippen LogP) is 2.15. The molecular weight excluding hydrogens is 303 g/mol. The summed E-state index contributed by atoms with van der Waals surface area (Å²) in [5, 5.41) is 10.9. The fraction of sp³-hybridized carbons (Fsp3) is 0.462. The Morgan fingerprint density at radius 2 is 1.82 bits per heavy atom. The van der Waals surface area contributed by atoms with Gasteiger partial charge in [-0.25, -0.2) is 0 Å². The summed E-state index contributed by atoms with van der Waals surface area (Å²) in [6, 6.07) is 2.79. The van der Waals surface area contributed by atoms with Gasteiger partial charge in [0.2, 0.25) is 0 Å². The highest BCUT2D eigenvalue weighted by Crippen LogP contribution is 2.48. The molecule has 2 N–H and O–H groups in total. The maximum Gasteiger partial charge on any atom is 0.471 e. The number of anilines is 1. The lowest BCUT2D eigenvalue weighted by Crippen LogP contribution is -2.46. The number of nitro groups is 1. The minimum absolute atomic E-state index is 0.00926. The van der Waals surface area contributed by atoms with E-state index in [2.05, 4.69) is 0 Å². The van der Waals surface area contributed by atoms with Crippen LogP contribution in [0.4, 0.5) is 24.5 Å². The minimum atomic E-state index is -4.91. The van der Waals surface area contributed by atoms with Crippen LogP contribution in [0.3, 0.4) is 0 Å². The number of hydrogen-bond acceptors (Lipinski definition) is 4. The zero-order chi connectivity index (χ0) is 16.2. The van der Waals surface area contributed by atoms with E-state index in [1.54, 1.807) is 0 Å². The molecule has 1 amide bonds. The maximum atomic E-state index is 12.6. The number of benzene rings is 1. The Bertz CT molecular complexity index is 674. The summed E-state index contributed by atoms with van der Waals surface area (Å²) in [6.07, 6.45) is -4.33. The molecule has 0 spiro atoms. The number of nitrogen functional groups attached to an aromatic ring is 1. The number of rotatable bonds is 1. The van der Waals surface area contributed by atoms with Gasteiger partial charge < -0.3 is 10.6 Å². The molecule has 0 saturated carbocycles. The van der Waals surface area contributed by atoms with E-state index in [0.717, 1.165) is 4.90 Å². The fourth-order valence-corrected chi connectivity index (χ4v) is 3.40. The number of piperidine rings is 1.